The Morgan fingerprint density at radius 2 is 0.536 bits per heavy atom. The van der Waals surface area contributed by atoms with Crippen molar-refractivity contribution in [1.29, 1.82) is 0 Å². The van der Waals surface area contributed by atoms with Crippen molar-refractivity contribution >= 4 is 11.4 Å². The van der Waals surface area contributed by atoms with Crippen molar-refractivity contribution in [3.05, 3.63) is 166 Å². The van der Waals surface area contributed by atoms with Gasteiger partial charge < -0.3 is 11.5 Å². The summed E-state index contributed by atoms with van der Waals surface area (Å²) >= 11 is 0. The minimum absolute atomic E-state index is 0.414. The average Bonchev–Trinajstić information content (AvgIpc) is 3.22. The van der Waals surface area contributed by atoms with Gasteiger partial charge in [0.1, 0.15) is 0 Å². The van der Waals surface area contributed by atoms with Crippen LogP contribution in [0.5, 0.6) is 0 Å². The lowest BCUT2D eigenvalue weighted by atomic mass is 9.85. The highest BCUT2D eigenvalue weighted by molar-refractivity contribution is 5.45. The molecule has 56 heavy (non-hydrogen) atoms. The smallest absolute Gasteiger partial charge is 0.0314 e. The van der Waals surface area contributed by atoms with Gasteiger partial charge in [-0.1, -0.05) is 214 Å². The first kappa shape index (κ1) is 42.8. The van der Waals surface area contributed by atoms with Crippen molar-refractivity contribution in [3.8, 4) is 0 Å². The molecular weight excluding hydrogens is 677 g/mol. The van der Waals surface area contributed by atoms with E-state index in [0.717, 1.165) is 24.2 Å². The fourth-order valence-electron chi connectivity index (χ4n) is 8.45. The number of nitrogen functional groups attached to an aromatic ring is 2. The summed E-state index contributed by atoms with van der Waals surface area (Å²) in [6.45, 7) is 4.58. The molecule has 0 aliphatic rings. The van der Waals surface area contributed by atoms with Gasteiger partial charge in [-0.05, 0) is 94.5 Å². The van der Waals surface area contributed by atoms with Gasteiger partial charge in [0.05, 0.1) is 0 Å². The van der Waals surface area contributed by atoms with Crippen LogP contribution < -0.4 is 11.5 Å². The highest BCUT2D eigenvalue weighted by atomic mass is 14.5. The molecule has 0 saturated heterocycles. The molecule has 5 aromatic rings. The summed E-state index contributed by atoms with van der Waals surface area (Å²) in [5.74, 6) is 0.827. The summed E-state index contributed by atoms with van der Waals surface area (Å²) in [7, 11) is 0. The molecule has 0 bridgehead atoms. The second-order valence-corrected chi connectivity index (χ2v) is 16.6. The minimum atomic E-state index is 0.414. The van der Waals surface area contributed by atoms with Gasteiger partial charge in [-0.25, -0.2) is 0 Å². The molecule has 4 N–H and O–H groups in total. The van der Waals surface area contributed by atoms with Gasteiger partial charge in [0.25, 0.3) is 0 Å². The van der Waals surface area contributed by atoms with Crippen LogP contribution in [0.4, 0.5) is 11.4 Å². The Kier molecular flexibility index (Phi) is 18.6. The fraction of sp³-hybridized carbons (Fsp3) is 0.444. The zero-order valence-corrected chi connectivity index (χ0v) is 35.0. The molecule has 5 aromatic carbocycles. The van der Waals surface area contributed by atoms with Crippen molar-refractivity contribution in [3.63, 3.8) is 0 Å². The molecule has 0 aliphatic carbocycles. The number of hydrogen-bond donors (Lipinski definition) is 2. The van der Waals surface area contributed by atoms with E-state index in [0.29, 0.717) is 11.8 Å². The van der Waals surface area contributed by atoms with E-state index in [1.165, 1.54) is 160 Å². The van der Waals surface area contributed by atoms with Gasteiger partial charge in [-0.3, -0.25) is 0 Å². The summed E-state index contributed by atoms with van der Waals surface area (Å²) in [4.78, 5) is 0. The Balaban J connectivity index is 1.14. The maximum Gasteiger partial charge on any atom is 0.0314 e. The van der Waals surface area contributed by atoms with E-state index in [-0.39, 0.29) is 0 Å². The van der Waals surface area contributed by atoms with E-state index in [1.54, 1.807) is 0 Å². The summed E-state index contributed by atoms with van der Waals surface area (Å²) < 4.78 is 0. The van der Waals surface area contributed by atoms with Crippen LogP contribution in [0.15, 0.2) is 121 Å². The topological polar surface area (TPSA) is 52.0 Å². The van der Waals surface area contributed by atoms with Crippen molar-refractivity contribution in [2.24, 2.45) is 0 Å². The molecule has 2 heteroatoms. The molecule has 2 unspecified atom stereocenters. The van der Waals surface area contributed by atoms with E-state index >= 15 is 0 Å². The minimum Gasteiger partial charge on any atom is -0.399 e. The lowest BCUT2D eigenvalue weighted by Gasteiger charge is -2.19. The Morgan fingerprint density at radius 3 is 0.821 bits per heavy atom. The Bertz CT molecular complexity index is 1620. The largest absolute Gasteiger partial charge is 0.399 e. The SMILES string of the molecule is CCCCCCCCCCC(c1ccc(N)cc1)c1ccc(Cc2ccc(Cc3ccc(C(CCCCCCCCCC)c4ccc(N)cc4)cc3)cc2)cc1. The van der Waals surface area contributed by atoms with Crippen LogP contribution >= 0.6 is 0 Å². The van der Waals surface area contributed by atoms with E-state index in [9.17, 15) is 0 Å². The van der Waals surface area contributed by atoms with Gasteiger partial charge in [-0.2, -0.15) is 0 Å². The van der Waals surface area contributed by atoms with Crippen molar-refractivity contribution in [1.82, 2.24) is 0 Å². The lowest BCUT2D eigenvalue weighted by molar-refractivity contribution is 0.551. The van der Waals surface area contributed by atoms with Crippen LogP contribution in [0.1, 0.15) is 186 Å². The molecule has 5 rings (SSSR count). The van der Waals surface area contributed by atoms with E-state index < -0.39 is 0 Å². The molecule has 0 heterocycles. The first-order valence-electron chi connectivity index (χ1n) is 22.5. The number of nitrogens with two attached hydrogens (primary N) is 2. The highest BCUT2D eigenvalue weighted by Gasteiger charge is 2.16. The maximum atomic E-state index is 6.06. The van der Waals surface area contributed by atoms with Gasteiger partial charge in [0.2, 0.25) is 0 Å². The highest BCUT2D eigenvalue weighted by Crippen LogP contribution is 2.33. The number of rotatable bonds is 26. The summed E-state index contributed by atoms with van der Waals surface area (Å²) in [6.07, 6.45) is 25.9. The van der Waals surface area contributed by atoms with Crippen LogP contribution in [-0.2, 0) is 12.8 Å². The van der Waals surface area contributed by atoms with Crippen LogP contribution in [0.25, 0.3) is 0 Å². The molecule has 0 amide bonds. The second kappa shape index (κ2) is 24.4. The van der Waals surface area contributed by atoms with Gasteiger partial charge in [-0.15, -0.1) is 0 Å². The molecule has 2 atom stereocenters. The number of benzene rings is 5. The zero-order chi connectivity index (χ0) is 39.2. The predicted octanol–water partition coefficient (Wildman–Crippen LogP) is 15.4. The zero-order valence-electron chi connectivity index (χ0n) is 35.0. The molecule has 2 nitrogen and oxygen atoms in total. The summed E-state index contributed by atoms with van der Waals surface area (Å²) in [6, 6.07) is 45.2. The van der Waals surface area contributed by atoms with Crippen molar-refractivity contribution in [2.45, 2.75) is 154 Å². The molecule has 0 spiro atoms. The van der Waals surface area contributed by atoms with E-state index in [2.05, 4.69) is 135 Å². The molecule has 0 radical (unpaired) electrons. The Labute approximate surface area is 341 Å². The average molecular weight is 749 g/mol. The van der Waals surface area contributed by atoms with Crippen LogP contribution in [0.2, 0.25) is 0 Å². The normalized spacial score (nSPS) is 12.5. The Morgan fingerprint density at radius 1 is 0.304 bits per heavy atom. The summed E-state index contributed by atoms with van der Waals surface area (Å²) in [5, 5.41) is 0. The van der Waals surface area contributed by atoms with Gasteiger partial charge in [0.15, 0.2) is 0 Å². The van der Waals surface area contributed by atoms with Crippen LogP contribution in [0.3, 0.4) is 0 Å². The quantitative estimate of drug-likeness (QED) is 0.0437. The molecule has 298 valence electrons. The van der Waals surface area contributed by atoms with Crippen LogP contribution in [-0.4, -0.2) is 0 Å². The van der Waals surface area contributed by atoms with E-state index in [4.69, 9.17) is 11.5 Å². The van der Waals surface area contributed by atoms with Gasteiger partial charge >= 0.3 is 0 Å². The van der Waals surface area contributed by atoms with Crippen molar-refractivity contribution in [2.75, 3.05) is 11.5 Å². The number of hydrogen-bond acceptors (Lipinski definition) is 2. The van der Waals surface area contributed by atoms with E-state index in [1.807, 2.05) is 0 Å². The standard InChI is InChI=1S/C54H72N2/c1-3-5-7-9-11-13-15-17-19-53(49-33-37-51(55)38-34-49)47-29-25-45(26-30-47)41-43-21-23-44(24-22-43)42-46-27-31-48(32-28-46)54(50-35-39-52(56)40-36-50)20-18-16-14-12-10-8-6-4-2/h21-40,53-54H,3-20,41-42,55-56H2,1-2H3. The van der Waals surface area contributed by atoms with Gasteiger partial charge in [0, 0.05) is 23.2 Å². The maximum absolute atomic E-state index is 6.06. The Hall–Kier alpha value is -4.30. The molecule has 0 aliphatic heterocycles. The first-order valence-corrected chi connectivity index (χ1v) is 22.5. The fourth-order valence-corrected chi connectivity index (χ4v) is 8.45. The molecular formula is C54H72N2. The number of anilines is 2. The lowest BCUT2D eigenvalue weighted by Crippen LogP contribution is -2.03. The third-order valence-corrected chi connectivity index (χ3v) is 12.0. The second-order valence-electron chi connectivity index (χ2n) is 16.6. The molecule has 0 fully saturated rings. The van der Waals surface area contributed by atoms with Crippen LogP contribution in [0, 0.1) is 0 Å². The predicted molar refractivity (Wildman–Crippen MR) is 245 cm³/mol. The number of unbranched alkanes of at least 4 members (excludes halogenated alkanes) is 14. The third-order valence-electron chi connectivity index (χ3n) is 12.0. The first-order chi connectivity index (χ1) is 27.5. The molecule has 0 saturated carbocycles. The summed E-state index contributed by atoms with van der Waals surface area (Å²) in [5.41, 5.74) is 24.8. The van der Waals surface area contributed by atoms with Crippen molar-refractivity contribution < 1.29 is 0 Å². The monoisotopic (exact) mass is 749 g/mol. The molecule has 0 aromatic heterocycles. The third kappa shape index (κ3) is 14.6.